The van der Waals surface area contributed by atoms with E-state index in [1.165, 1.54) is 18.2 Å². The highest BCUT2D eigenvalue weighted by Crippen LogP contribution is 2.36. The highest BCUT2D eigenvalue weighted by molar-refractivity contribution is 6.31. The van der Waals surface area contributed by atoms with Gasteiger partial charge in [-0.1, -0.05) is 48.0 Å². The van der Waals surface area contributed by atoms with E-state index in [2.05, 4.69) is 0 Å². The van der Waals surface area contributed by atoms with E-state index < -0.39 is 17.2 Å². The minimum Gasteiger partial charge on any atom is -0.481 e. The molecule has 1 amide bonds. The van der Waals surface area contributed by atoms with Crippen LogP contribution in [0.2, 0.25) is 5.02 Å². The second-order valence-electron chi connectivity index (χ2n) is 6.55. The van der Waals surface area contributed by atoms with E-state index in [0.29, 0.717) is 31.5 Å². The first-order valence-electron chi connectivity index (χ1n) is 8.43. The predicted octanol–water partition coefficient (Wildman–Crippen LogP) is 3.67. The van der Waals surface area contributed by atoms with Crippen LogP contribution in [0.25, 0.3) is 0 Å². The lowest BCUT2D eigenvalue weighted by atomic mass is 9.73. The SMILES string of the molecule is O=C(Cc1ccc(F)cc1Cl)N1CCC(C(=O)O)(c2ccccc2)CC1. The standard InChI is InChI=1S/C20H19ClFNO3/c21-17-13-16(22)7-6-14(17)12-18(24)23-10-8-20(9-11-23,19(25)26)15-4-2-1-3-5-15/h1-7,13H,8-12H2,(H,25,26). The molecule has 3 rings (SSSR count). The number of aliphatic carboxylic acids is 1. The van der Waals surface area contributed by atoms with E-state index >= 15 is 0 Å². The van der Waals surface area contributed by atoms with Gasteiger partial charge in [0.05, 0.1) is 11.8 Å². The summed E-state index contributed by atoms with van der Waals surface area (Å²) < 4.78 is 13.1. The van der Waals surface area contributed by atoms with Crippen LogP contribution in [0.1, 0.15) is 24.0 Å². The van der Waals surface area contributed by atoms with E-state index in [1.807, 2.05) is 30.3 Å². The smallest absolute Gasteiger partial charge is 0.314 e. The molecular formula is C20H19ClFNO3. The largest absolute Gasteiger partial charge is 0.481 e. The summed E-state index contributed by atoms with van der Waals surface area (Å²) in [5.74, 6) is -1.44. The number of nitrogens with zero attached hydrogens (tertiary/aromatic N) is 1. The molecule has 0 bridgehead atoms. The molecule has 1 N–H and O–H groups in total. The molecule has 6 heteroatoms. The molecular weight excluding hydrogens is 357 g/mol. The van der Waals surface area contributed by atoms with E-state index in [4.69, 9.17) is 11.6 Å². The molecule has 26 heavy (non-hydrogen) atoms. The zero-order valence-corrected chi connectivity index (χ0v) is 14.9. The Balaban J connectivity index is 1.71. The van der Waals surface area contributed by atoms with Crippen LogP contribution in [0.3, 0.4) is 0 Å². The second-order valence-corrected chi connectivity index (χ2v) is 6.95. The van der Waals surface area contributed by atoms with Gasteiger partial charge in [-0.15, -0.1) is 0 Å². The van der Waals surface area contributed by atoms with Crippen molar-refractivity contribution in [2.24, 2.45) is 0 Å². The van der Waals surface area contributed by atoms with Gasteiger partial charge in [0, 0.05) is 18.1 Å². The molecule has 0 atom stereocenters. The summed E-state index contributed by atoms with van der Waals surface area (Å²) in [6, 6.07) is 13.1. The molecule has 0 aromatic heterocycles. The van der Waals surface area contributed by atoms with Gasteiger partial charge in [0.15, 0.2) is 0 Å². The van der Waals surface area contributed by atoms with Crippen molar-refractivity contribution < 1.29 is 19.1 Å². The number of carboxylic acid groups (broad SMARTS) is 1. The van der Waals surface area contributed by atoms with E-state index in [9.17, 15) is 19.1 Å². The third-order valence-electron chi connectivity index (χ3n) is 5.06. The lowest BCUT2D eigenvalue weighted by molar-refractivity contribution is -0.148. The Labute approximate surface area is 156 Å². The average Bonchev–Trinajstić information content (AvgIpc) is 2.64. The average molecular weight is 376 g/mol. The van der Waals surface area contributed by atoms with Crippen molar-refractivity contribution in [2.75, 3.05) is 13.1 Å². The topological polar surface area (TPSA) is 57.6 Å². The quantitative estimate of drug-likeness (QED) is 0.887. The minimum atomic E-state index is -0.967. The number of hydrogen-bond donors (Lipinski definition) is 1. The number of halogens is 2. The van der Waals surface area contributed by atoms with Crippen LogP contribution in [0, 0.1) is 5.82 Å². The van der Waals surface area contributed by atoms with Crippen LogP contribution in [-0.2, 0) is 21.4 Å². The summed E-state index contributed by atoms with van der Waals surface area (Å²) in [6.07, 6.45) is 0.787. The van der Waals surface area contributed by atoms with E-state index in [-0.39, 0.29) is 17.4 Å². The molecule has 4 nitrogen and oxygen atoms in total. The predicted molar refractivity (Wildman–Crippen MR) is 96.7 cm³/mol. The van der Waals surface area contributed by atoms with Crippen LogP contribution in [0.15, 0.2) is 48.5 Å². The van der Waals surface area contributed by atoms with Crippen molar-refractivity contribution in [3.05, 3.63) is 70.5 Å². The fourth-order valence-electron chi connectivity index (χ4n) is 3.46. The van der Waals surface area contributed by atoms with E-state index in [1.54, 1.807) is 4.90 Å². The van der Waals surface area contributed by atoms with Gasteiger partial charge in [-0.05, 0) is 36.1 Å². The highest BCUT2D eigenvalue weighted by Gasteiger charge is 2.43. The molecule has 1 aliphatic heterocycles. The summed E-state index contributed by atoms with van der Waals surface area (Å²) >= 11 is 5.99. The molecule has 136 valence electrons. The molecule has 2 aromatic rings. The number of piperidine rings is 1. The van der Waals surface area contributed by atoms with Crippen LogP contribution < -0.4 is 0 Å². The second kappa shape index (κ2) is 7.46. The van der Waals surface area contributed by atoms with Gasteiger partial charge in [-0.3, -0.25) is 9.59 Å². The summed E-state index contributed by atoms with van der Waals surface area (Å²) in [5.41, 5.74) is 0.364. The van der Waals surface area contributed by atoms with Crippen LogP contribution in [0.5, 0.6) is 0 Å². The Kier molecular flexibility index (Phi) is 5.28. The van der Waals surface area contributed by atoms with Crippen molar-refractivity contribution in [1.82, 2.24) is 4.90 Å². The van der Waals surface area contributed by atoms with Crippen molar-refractivity contribution in [3.8, 4) is 0 Å². The lowest BCUT2D eigenvalue weighted by Crippen LogP contribution is -2.49. The molecule has 0 saturated carbocycles. The number of carbonyl (C=O) groups excluding carboxylic acids is 1. The normalized spacial score (nSPS) is 16.3. The van der Waals surface area contributed by atoms with Crippen molar-refractivity contribution in [3.63, 3.8) is 0 Å². The Morgan fingerprint density at radius 1 is 1.12 bits per heavy atom. The number of benzene rings is 2. The summed E-state index contributed by atoms with van der Waals surface area (Å²) in [5, 5.41) is 10.0. The van der Waals surface area contributed by atoms with Gasteiger partial charge in [0.1, 0.15) is 5.82 Å². The summed E-state index contributed by atoms with van der Waals surface area (Å²) in [7, 11) is 0. The minimum absolute atomic E-state index is 0.0739. The first-order chi connectivity index (χ1) is 12.4. The Bertz CT molecular complexity index is 817. The molecule has 0 spiro atoms. The van der Waals surface area contributed by atoms with Crippen LogP contribution in [-0.4, -0.2) is 35.0 Å². The van der Waals surface area contributed by atoms with Crippen LogP contribution in [0.4, 0.5) is 4.39 Å². The molecule has 1 saturated heterocycles. The maximum absolute atomic E-state index is 13.1. The van der Waals surface area contributed by atoms with Gasteiger partial charge in [0.2, 0.25) is 5.91 Å². The number of hydrogen-bond acceptors (Lipinski definition) is 2. The van der Waals surface area contributed by atoms with Gasteiger partial charge >= 0.3 is 5.97 Å². The Morgan fingerprint density at radius 3 is 2.35 bits per heavy atom. The summed E-state index contributed by atoms with van der Waals surface area (Å²) in [4.78, 5) is 26.2. The Morgan fingerprint density at radius 2 is 1.77 bits per heavy atom. The third kappa shape index (κ3) is 3.58. The number of likely N-dealkylation sites (tertiary alicyclic amines) is 1. The number of carbonyl (C=O) groups is 2. The fourth-order valence-corrected chi connectivity index (χ4v) is 3.69. The molecule has 0 radical (unpaired) electrons. The van der Waals surface area contributed by atoms with E-state index in [0.717, 1.165) is 5.56 Å². The first-order valence-corrected chi connectivity index (χ1v) is 8.81. The lowest BCUT2D eigenvalue weighted by Gasteiger charge is -2.39. The van der Waals surface area contributed by atoms with Gasteiger partial charge in [-0.25, -0.2) is 4.39 Å². The fraction of sp³-hybridized carbons (Fsp3) is 0.300. The molecule has 0 unspecified atom stereocenters. The van der Waals surface area contributed by atoms with Crippen molar-refractivity contribution in [1.29, 1.82) is 0 Å². The molecule has 1 fully saturated rings. The van der Waals surface area contributed by atoms with Gasteiger partial charge < -0.3 is 10.0 Å². The zero-order valence-electron chi connectivity index (χ0n) is 14.1. The zero-order chi connectivity index (χ0) is 18.7. The molecule has 1 aliphatic rings. The number of carboxylic acids is 1. The summed E-state index contributed by atoms with van der Waals surface area (Å²) in [6.45, 7) is 0.720. The number of amides is 1. The molecule has 2 aromatic carbocycles. The third-order valence-corrected chi connectivity index (χ3v) is 5.41. The monoisotopic (exact) mass is 375 g/mol. The molecule has 1 heterocycles. The maximum Gasteiger partial charge on any atom is 0.314 e. The highest BCUT2D eigenvalue weighted by atomic mass is 35.5. The van der Waals surface area contributed by atoms with Crippen LogP contribution >= 0.6 is 11.6 Å². The van der Waals surface area contributed by atoms with Gasteiger partial charge in [-0.2, -0.15) is 0 Å². The van der Waals surface area contributed by atoms with Crippen molar-refractivity contribution in [2.45, 2.75) is 24.7 Å². The molecule has 0 aliphatic carbocycles. The Hall–Kier alpha value is -2.40. The first kappa shape index (κ1) is 18.4. The van der Waals surface area contributed by atoms with Crippen molar-refractivity contribution >= 4 is 23.5 Å². The number of rotatable bonds is 4. The van der Waals surface area contributed by atoms with Gasteiger partial charge in [0.25, 0.3) is 0 Å². The maximum atomic E-state index is 13.1.